The van der Waals surface area contributed by atoms with Crippen LogP contribution >= 0.6 is 0 Å². The van der Waals surface area contributed by atoms with E-state index in [0.29, 0.717) is 6.04 Å². The van der Waals surface area contributed by atoms with Crippen LogP contribution in [0.25, 0.3) is 0 Å². The number of fused-ring (bicyclic) bond motifs is 1. The summed E-state index contributed by atoms with van der Waals surface area (Å²) in [4.78, 5) is 2.68. The molecule has 2 heteroatoms. The first kappa shape index (κ1) is 9.06. The van der Waals surface area contributed by atoms with Crippen LogP contribution < -0.4 is 5.73 Å². The highest BCUT2D eigenvalue weighted by atomic mass is 15.3. The van der Waals surface area contributed by atoms with Gasteiger partial charge in [-0.2, -0.15) is 0 Å². The Morgan fingerprint density at radius 1 is 1.25 bits per heavy atom. The van der Waals surface area contributed by atoms with Crippen molar-refractivity contribution >= 4 is 5.69 Å². The fourth-order valence-corrected chi connectivity index (χ4v) is 3.52. The van der Waals surface area contributed by atoms with Gasteiger partial charge in [0.05, 0.1) is 0 Å². The van der Waals surface area contributed by atoms with Gasteiger partial charge in [-0.15, -0.1) is 0 Å². The zero-order chi connectivity index (χ0) is 10.8. The van der Waals surface area contributed by atoms with Crippen LogP contribution in [0.5, 0.6) is 0 Å². The second-order valence-corrected chi connectivity index (χ2v) is 5.92. The molecule has 1 aliphatic heterocycles. The number of aryl methyl sites for hydroxylation is 1. The predicted molar refractivity (Wildman–Crippen MR) is 65.2 cm³/mol. The van der Waals surface area contributed by atoms with Crippen LogP contribution in [0.4, 0.5) is 5.69 Å². The lowest BCUT2D eigenvalue weighted by Crippen LogP contribution is -2.49. The smallest absolute Gasteiger partial charge is 0.0354 e. The second-order valence-electron chi connectivity index (χ2n) is 5.92. The molecule has 0 radical (unpaired) electrons. The van der Waals surface area contributed by atoms with Gasteiger partial charge in [0.25, 0.3) is 0 Å². The van der Waals surface area contributed by atoms with Crippen molar-refractivity contribution in [3.63, 3.8) is 0 Å². The van der Waals surface area contributed by atoms with Crippen LogP contribution in [0.1, 0.15) is 36.4 Å². The Hall–Kier alpha value is -1.02. The van der Waals surface area contributed by atoms with E-state index in [1.54, 1.807) is 5.56 Å². The molecule has 1 saturated heterocycles. The third-order valence-corrected chi connectivity index (χ3v) is 4.69. The van der Waals surface area contributed by atoms with Crippen molar-refractivity contribution in [1.82, 2.24) is 4.90 Å². The number of nitrogens with zero attached hydrogens (tertiary/aromatic N) is 1. The van der Waals surface area contributed by atoms with Crippen LogP contribution in [0, 0.1) is 5.41 Å². The van der Waals surface area contributed by atoms with E-state index in [9.17, 15) is 0 Å². The highest BCUT2D eigenvalue weighted by Crippen LogP contribution is 2.56. The Kier molecular flexibility index (Phi) is 1.59. The summed E-state index contributed by atoms with van der Waals surface area (Å²) < 4.78 is 0. The Labute approximate surface area is 96.4 Å². The van der Waals surface area contributed by atoms with Gasteiger partial charge in [0.1, 0.15) is 0 Å². The van der Waals surface area contributed by atoms with Crippen molar-refractivity contribution in [3.05, 3.63) is 29.3 Å². The average Bonchev–Trinajstić information content (AvgIpc) is 2.92. The largest absolute Gasteiger partial charge is 0.399 e. The molecule has 2 N–H and O–H groups in total. The highest BCUT2D eigenvalue weighted by molar-refractivity contribution is 5.48. The summed E-state index contributed by atoms with van der Waals surface area (Å²) in [6.07, 6.45) is 5.47. The molecule has 4 rings (SSSR count). The molecular weight excluding hydrogens is 196 g/mol. The van der Waals surface area contributed by atoms with Crippen molar-refractivity contribution in [2.45, 2.75) is 31.7 Å². The first-order valence-electron chi connectivity index (χ1n) is 6.38. The minimum Gasteiger partial charge on any atom is -0.399 e. The van der Waals surface area contributed by atoms with Crippen molar-refractivity contribution in [2.75, 3.05) is 18.8 Å². The highest BCUT2D eigenvalue weighted by Gasteiger charge is 2.54. The summed E-state index contributed by atoms with van der Waals surface area (Å²) >= 11 is 0. The number of anilines is 1. The number of rotatable bonds is 1. The van der Waals surface area contributed by atoms with Gasteiger partial charge >= 0.3 is 0 Å². The SMILES string of the molecule is Nc1ccc2c(c1)CCC2N1CC2(CC2)C1. The second kappa shape index (κ2) is 2.80. The first-order chi connectivity index (χ1) is 7.76. The summed E-state index contributed by atoms with van der Waals surface area (Å²) in [6, 6.07) is 7.17. The molecule has 3 aliphatic rings. The van der Waals surface area contributed by atoms with Crippen molar-refractivity contribution in [1.29, 1.82) is 0 Å². The van der Waals surface area contributed by atoms with E-state index >= 15 is 0 Å². The van der Waals surface area contributed by atoms with E-state index in [-0.39, 0.29) is 0 Å². The molecule has 1 aromatic rings. The Morgan fingerprint density at radius 2 is 2.06 bits per heavy atom. The molecule has 0 aromatic heterocycles. The van der Waals surface area contributed by atoms with Gasteiger partial charge in [-0.25, -0.2) is 0 Å². The Bertz CT molecular complexity index is 440. The third kappa shape index (κ3) is 1.17. The van der Waals surface area contributed by atoms with Gasteiger partial charge in [-0.05, 0) is 54.4 Å². The number of nitrogen functional groups attached to an aromatic ring is 1. The zero-order valence-corrected chi connectivity index (χ0v) is 9.58. The minimum atomic E-state index is 0.696. The van der Waals surface area contributed by atoms with Crippen molar-refractivity contribution in [2.24, 2.45) is 5.41 Å². The number of hydrogen-bond acceptors (Lipinski definition) is 2. The van der Waals surface area contributed by atoms with E-state index in [2.05, 4.69) is 23.1 Å². The fraction of sp³-hybridized carbons (Fsp3) is 0.571. The Morgan fingerprint density at radius 3 is 2.81 bits per heavy atom. The number of hydrogen-bond donors (Lipinski definition) is 1. The van der Waals surface area contributed by atoms with Crippen LogP contribution in [0.2, 0.25) is 0 Å². The summed E-state index contributed by atoms with van der Waals surface area (Å²) in [5, 5.41) is 0. The van der Waals surface area contributed by atoms with Crippen LogP contribution in [-0.2, 0) is 6.42 Å². The maximum absolute atomic E-state index is 5.84. The first-order valence-corrected chi connectivity index (χ1v) is 6.38. The number of benzene rings is 1. The van der Waals surface area contributed by atoms with Gasteiger partial charge in [0, 0.05) is 24.8 Å². The van der Waals surface area contributed by atoms with E-state index in [0.717, 1.165) is 11.1 Å². The molecule has 0 bridgehead atoms. The number of nitrogens with two attached hydrogens (primary N) is 1. The predicted octanol–water partition coefficient (Wildman–Crippen LogP) is 2.35. The number of likely N-dealkylation sites (tertiary alicyclic amines) is 1. The minimum absolute atomic E-state index is 0.696. The standard InChI is InChI=1S/C14H18N2/c15-11-2-3-12-10(7-11)1-4-13(12)16-8-14(9-16)5-6-14/h2-3,7,13H,1,4-6,8-9,15H2. The maximum atomic E-state index is 5.84. The van der Waals surface area contributed by atoms with Gasteiger partial charge in [0.15, 0.2) is 0 Å². The summed E-state index contributed by atoms with van der Waals surface area (Å²) in [6.45, 7) is 2.70. The third-order valence-electron chi connectivity index (χ3n) is 4.69. The van der Waals surface area contributed by atoms with E-state index in [1.807, 2.05) is 0 Å². The van der Waals surface area contributed by atoms with E-state index < -0.39 is 0 Å². The lowest BCUT2D eigenvalue weighted by molar-refractivity contribution is 0.0360. The Balaban J connectivity index is 1.59. The van der Waals surface area contributed by atoms with Gasteiger partial charge < -0.3 is 5.73 Å². The molecule has 2 nitrogen and oxygen atoms in total. The summed E-state index contributed by atoms with van der Waals surface area (Å²) in [5.74, 6) is 0. The molecule has 84 valence electrons. The molecular formula is C14H18N2. The molecule has 2 fully saturated rings. The maximum Gasteiger partial charge on any atom is 0.0354 e. The van der Waals surface area contributed by atoms with Crippen LogP contribution in [-0.4, -0.2) is 18.0 Å². The van der Waals surface area contributed by atoms with Crippen molar-refractivity contribution < 1.29 is 0 Å². The normalized spacial score (nSPS) is 30.1. The molecule has 1 saturated carbocycles. The van der Waals surface area contributed by atoms with Crippen LogP contribution in [0.15, 0.2) is 18.2 Å². The molecule has 1 atom stereocenters. The molecule has 1 heterocycles. The lowest BCUT2D eigenvalue weighted by Gasteiger charge is -2.44. The molecule has 1 spiro atoms. The van der Waals surface area contributed by atoms with E-state index in [4.69, 9.17) is 5.73 Å². The molecule has 1 aromatic carbocycles. The fourth-order valence-electron chi connectivity index (χ4n) is 3.52. The van der Waals surface area contributed by atoms with Crippen LogP contribution in [0.3, 0.4) is 0 Å². The topological polar surface area (TPSA) is 29.3 Å². The summed E-state index contributed by atoms with van der Waals surface area (Å²) in [5.41, 5.74) is 10.6. The van der Waals surface area contributed by atoms with Gasteiger partial charge in [0.2, 0.25) is 0 Å². The van der Waals surface area contributed by atoms with Gasteiger partial charge in [-0.1, -0.05) is 6.07 Å². The van der Waals surface area contributed by atoms with E-state index in [1.165, 1.54) is 44.3 Å². The monoisotopic (exact) mass is 214 g/mol. The average molecular weight is 214 g/mol. The zero-order valence-electron chi connectivity index (χ0n) is 9.58. The molecule has 16 heavy (non-hydrogen) atoms. The van der Waals surface area contributed by atoms with Gasteiger partial charge in [-0.3, -0.25) is 4.90 Å². The molecule has 1 unspecified atom stereocenters. The quantitative estimate of drug-likeness (QED) is 0.727. The van der Waals surface area contributed by atoms with Crippen molar-refractivity contribution in [3.8, 4) is 0 Å². The summed E-state index contributed by atoms with van der Waals surface area (Å²) in [7, 11) is 0. The lowest BCUT2D eigenvalue weighted by atomic mass is 9.92. The molecule has 2 aliphatic carbocycles. The molecule has 0 amide bonds.